The van der Waals surface area contributed by atoms with E-state index in [1.54, 1.807) is 26.2 Å². The highest BCUT2D eigenvalue weighted by molar-refractivity contribution is 5.89. The van der Waals surface area contributed by atoms with Crippen LogP contribution in [-0.4, -0.2) is 70.0 Å². The van der Waals surface area contributed by atoms with Gasteiger partial charge in [0, 0.05) is 19.4 Å². The Hall–Kier alpha value is -2.48. The van der Waals surface area contributed by atoms with Crippen molar-refractivity contribution in [1.29, 1.82) is 0 Å². The van der Waals surface area contributed by atoms with Gasteiger partial charge in [-0.15, -0.1) is 0 Å². The molecule has 2 unspecified atom stereocenters. The first-order chi connectivity index (χ1) is 17.6. The van der Waals surface area contributed by atoms with Gasteiger partial charge in [0.25, 0.3) is 0 Å². The molecule has 1 aromatic carbocycles. The van der Waals surface area contributed by atoms with Crippen LogP contribution in [0.3, 0.4) is 0 Å². The Morgan fingerprint density at radius 2 is 1.50 bits per heavy atom. The minimum absolute atomic E-state index is 0.00444. The lowest BCUT2D eigenvalue weighted by Gasteiger charge is -2.40. The van der Waals surface area contributed by atoms with Crippen LogP contribution >= 0.6 is 0 Å². The maximum absolute atomic E-state index is 14.3. The molecule has 3 fully saturated rings. The summed E-state index contributed by atoms with van der Waals surface area (Å²) in [6, 6.07) is 3.26. The van der Waals surface area contributed by atoms with E-state index < -0.39 is 6.04 Å². The van der Waals surface area contributed by atoms with Crippen LogP contribution in [0.15, 0.2) is 12.1 Å². The third-order valence-corrected chi connectivity index (χ3v) is 7.94. The molecule has 0 bridgehead atoms. The molecule has 2 heterocycles. The molecule has 4 rings (SSSR count). The number of amides is 1. The first-order valence-electron chi connectivity index (χ1n) is 13.5. The molecule has 200 valence electrons. The van der Waals surface area contributed by atoms with Gasteiger partial charge in [-0.25, -0.2) is 4.79 Å². The van der Waals surface area contributed by atoms with E-state index in [-0.39, 0.29) is 29.8 Å². The number of carbonyl (C=O) groups is 2. The predicted molar refractivity (Wildman–Crippen MR) is 135 cm³/mol. The average Bonchev–Trinajstić information content (AvgIpc) is 2.93. The largest absolute Gasteiger partial charge is 0.493 e. The van der Waals surface area contributed by atoms with Crippen molar-refractivity contribution in [1.82, 2.24) is 4.90 Å². The second-order valence-electron chi connectivity index (χ2n) is 10.1. The number of hydrogen-bond acceptors (Lipinski definition) is 7. The lowest BCUT2D eigenvalue weighted by Crippen LogP contribution is -2.52. The van der Waals surface area contributed by atoms with Crippen LogP contribution in [-0.2, 0) is 19.1 Å². The minimum atomic E-state index is -0.540. The van der Waals surface area contributed by atoms with Gasteiger partial charge >= 0.3 is 5.97 Å². The summed E-state index contributed by atoms with van der Waals surface area (Å²) < 4.78 is 28.0. The van der Waals surface area contributed by atoms with Crippen molar-refractivity contribution >= 4 is 11.9 Å². The van der Waals surface area contributed by atoms with Gasteiger partial charge in [0.2, 0.25) is 11.7 Å². The van der Waals surface area contributed by atoms with Gasteiger partial charge in [0.1, 0.15) is 12.1 Å². The first kappa shape index (κ1) is 26.6. The van der Waals surface area contributed by atoms with Gasteiger partial charge in [-0.05, 0) is 55.7 Å². The molecule has 8 nitrogen and oxygen atoms in total. The summed E-state index contributed by atoms with van der Waals surface area (Å²) in [6.07, 6.45) is 9.10. The zero-order chi connectivity index (χ0) is 25.5. The smallest absolute Gasteiger partial charge is 0.329 e. The quantitative estimate of drug-likeness (QED) is 0.484. The number of ether oxygens (including phenoxy) is 5. The van der Waals surface area contributed by atoms with E-state index in [0.717, 1.165) is 44.1 Å². The maximum Gasteiger partial charge on any atom is 0.329 e. The molecule has 1 saturated carbocycles. The van der Waals surface area contributed by atoms with E-state index in [2.05, 4.69) is 0 Å². The summed E-state index contributed by atoms with van der Waals surface area (Å²) >= 11 is 0. The third-order valence-electron chi connectivity index (χ3n) is 7.94. The maximum atomic E-state index is 14.3. The van der Waals surface area contributed by atoms with Gasteiger partial charge in [-0.2, -0.15) is 0 Å². The van der Waals surface area contributed by atoms with E-state index in [9.17, 15) is 9.59 Å². The second kappa shape index (κ2) is 12.7. The van der Waals surface area contributed by atoms with Crippen molar-refractivity contribution in [2.45, 2.75) is 82.3 Å². The Labute approximate surface area is 214 Å². The molecule has 8 heteroatoms. The van der Waals surface area contributed by atoms with E-state index >= 15 is 0 Å². The van der Waals surface area contributed by atoms with Crippen LogP contribution in [0.25, 0.3) is 0 Å². The fourth-order valence-corrected chi connectivity index (χ4v) is 6.02. The molecular weight excluding hydrogens is 462 g/mol. The van der Waals surface area contributed by atoms with Gasteiger partial charge < -0.3 is 28.6 Å². The number of piperidine rings is 1. The highest BCUT2D eigenvalue weighted by Crippen LogP contribution is 2.45. The zero-order valence-electron chi connectivity index (χ0n) is 22.0. The van der Waals surface area contributed by atoms with Crippen LogP contribution in [0.1, 0.15) is 75.7 Å². The summed E-state index contributed by atoms with van der Waals surface area (Å²) in [6.45, 7) is 1.78. The lowest BCUT2D eigenvalue weighted by atomic mass is 9.75. The topological polar surface area (TPSA) is 83.5 Å². The summed E-state index contributed by atoms with van der Waals surface area (Å²) in [5.41, 5.74) is 0.850. The highest BCUT2D eigenvalue weighted by Gasteiger charge is 2.41. The van der Waals surface area contributed by atoms with Gasteiger partial charge in [-0.3, -0.25) is 4.79 Å². The third kappa shape index (κ3) is 5.90. The Kier molecular flexibility index (Phi) is 9.35. The van der Waals surface area contributed by atoms with Gasteiger partial charge in [-0.1, -0.05) is 19.3 Å². The predicted octanol–water partition coefficient (Wildman–Crippen LogP) is 4.48. The fourth-order valence-electron chi connectivity index (χ4n) is 6.02. The minimum Gasteiger partial charge on any atom is -0.493 e. The van der Waals surface area contributed by atoms with Gasteiger partial charge in [0.15, 0.2) is 11.5 Å². The molecule has 1 aliphatic carbocycles. The molecule has 1 aromatic rings. The van der Waals surface area contributed by atoms with Gasteiger partial charge in [0.05, 0.1) is 40.5 Å². The zero-order valence-corrected chi connectivity index (χ0v) is 22.0. The van der Waals surface area contributed by atoms with Crippen LogP contribution in [0.5, 0.6) is 17.2 Å². The summed E-state index contributed by atoms with van der Waals surface area (Å²) in [7, 11) is 4.75. The SMILES string of the molecule is COc1cc(C(C(=O)N2CCCCC2C(=O)OC2CCOCC2)C2CCCCC2)cc(OC)c1OC. The molecule has 0 aromatic heterocycles. The van der Waals surface area contributed by atoms with Crippen LogP contribution < -0.4 is 14.2 Å². The van der Waals surface area contributed by atoms with Crippen LogP contribution in [0, 0.1) is 5.92 Å². The molecule has 1 amide bonds. The standard InChI is InChI=1S/C28H41NO7/c1-32-23-17-20(18-24(33-2)26(23)34-3)25(19-9-5-4-6-10-19)27(30)29-14-8-7-11-22(29)28(31)36-21-12-15-35-16-13-21/h17-19,21-22,25H,4-16H2,1-3H3. The van der Waals surface area contributed by atoms with E-state index in [1.807, 2.05) is 12.1 Å². The molecule has 3 aliphatic rings. The number of methoxy groups -OCH3 is 3. The second-order valence-corrected chi connectivity index (χ2v) is 10.1. The molecule has 36 heavy (non-hydrogen) atoms. The number of likely N-dealkylation sites (tertiary alicyclic amines) is 1. The fraction of sp³-hybridized carbons (Fsp3) is 0.714. The Morgan fingerprint density at radius 3 is 2.11 bits per heavy atom. The summed E-state index contributed by atoms with van der Waals surface area (Å²) in [5, 5.41) is 0. The summed E-state index contributed by atoms with van der Waals surface area (Å²) in [4.78, 5) is 29.4. The van der Waals surface area contributed by atoms with Crippen LogP contribution in [0.4, 0.5) is 0 Å². The van der Waals surface area contributed by atoms with Crippen molar-refractivity contribution in [2.24, 2.45) is 5.92 Å². The van der Waals surface area contributed by atoms with Crippen LogP contribution in [0.2, 0.25) is 0 Å². The number of benzene rings is 1. The molecule has 2 saturated heterocycles. The molecule has 2 aliphatic heterocycles. The molecule has 0 spiro atoms. The monoisotopic (exact) mass is 503 g/mol. The number of rotatable bonds is 8. The Balaban J connectivity index is 1.64. The molecule has 2 atom stereocenters. The molecular formula is C28H41NO7. The Morgan fingerprint density at radius 1 is 0.861 bits per heavy atom. The summed E-state index contributed by atoms with van der Waals surface area (Å²) in [5.74, 6) is 1.13. The van der Waals surface area contributed by atoms with Crippen molar-refractivity contribution in [2.75, 3.05) is 41.1 Å². The normalized spacial score (nSPS) is 22.5. The van der Waals surface area contributed by atoms with E-state index in [0.29, 0.717) is 56.3 Å². The average molecular weight is 504 g/mol. The number of carbonyl (C=O) groups excluding carboxylic acids is 2. The Bertz CT molecular complexity index is 867. The van der Waals surface area contributed by atoms with E-state index in [1.165, 1.54) is 6.42 Å². The van der Waals surface area contributed by atoms with Crippen molar-refractivity contribution < 1.29 is 33.3 Å². The highest BCUT2D eigenvalue weighted by atomic mass is 16.6. The lowest BCUT2D eigenvalue weighted by molar-refractivity contribution is -0.165. The molecule has 0 radical (unpaired) electrons. The number of esters is 1. The molecule has 0 N–H and O–H groups in total. The first-order valence-corrected chi connectivity index (χ1v) is 13.5. The number of nitrogens with zero attached hydrogens (tertiary/aromatic N) is 1. The van der Waals surface area contributed by atoms with E-state index in [4.69, 9.17) is 23.7 Å². The number of hydrogen-bond donors (Lipinski definition) is 0. The van der Waals surface area contributed by atoms with Crippen molar-refractivity contribution in [3.05, 3.63) is 17.7 Å². The van der Waals surface area contributed by atoms with Crippen molar-refractivity contribution in [3.8, 4) is 17.2 Å². The van der Waals surface area contributed by atoms with Crippen molar-refractivity contribution in [3.63, 3.8) is 0 Å².